The number of hydrogen-bond acceptors (Lipinski definition) is 7. The molecule has 1 heterocycles. The Morgan fingerprint density at radius 3 is 2.62 bits per heavy atom. The molecule has 0 aliphatic rings. The fraction of sp³-hybridized carbons (Fsp3) is 0.200. The van der Waals surface area contributed by atoms with Gasteiger partial charge in [-0.2, -0.15) is 28.4 Å². The summed E-state index contributed by atoms with van der Waals surface area (Å²) in [4.78, 5) is 19.6. The van der Waals surface area contributed by atoms with Crippen LogP contribution in [0.3, 0.4) is 0 Å². The Morgan fingerprint density at radius 2 is 2.00 bits per heavy atom. The number of nitrogens with zero attached hydrogens (tertiary/aromatic N) is 3. The summed E-state index contributed by atoms with van der Waals surface area (Å²) >= 11 is 0. The number of alkyl halides is 3. The van der Waals surface area contributed by atoms with Crippen LogP contribution in [0.2, 0.25) is 0 Å². The minimum atomic E-state index is -4.50. The van der Waals surface area contributed by atoms with Crippen LogP contribution in [-0.2, 0) is 11.0 Å². The number of nitrogen functional groups attached to an aromatic ring is 2. The maximum Gasteiger partial charge on any atom is 0.416 e. The molecule has 0 bridgehead atoms. The summed E-state index contributed by atoms with van der Waals surface area (Å²) < 4.78 is 38.2. The zero-order valence-electron chi connectivity index (χ0n) is 13.4. The Hall–Kier alpha value is -3.55. The number of benzene rings is 1. The molecule has 6 N–H and O–H groups in total. The van der Waals surface area contributed by atoms with E-state index in [4.69, 9.17) is 16.7 Å². The third-order valence-corrected chi connectivity index (χ3v) is 3.27. The van der Waals surface area contributed by atoms with Gasteiger partial charge in [-0.15, -0.1) is 0 Å². The molecule has 0 radical (unpaired) electrons. The lowest BCUT2D eigenvalue weighted by atomic mass is 10.2. The minimum Gasteiger partial charge on any atom is -0.382 e. The van der Waals surface area contributed by atoms with Crippen molar-refractivity contribution in [3.8, 4) is 6.07 Å². The van der Waals surface area contributed by atoms with Crippen LogP contribution in [0, 0.1) is 11.3 Å². The van der Waals surface area contributed by atoms with Gasteiger partial charge in [-0.1, -0.05) is 6.07 Å². The SMILES string of the molecule is C[C@H](Nc1cccc(C(F)(F)F)c1)C(=O)Nc1nc(N)nc(N)c1C#N. The number of halogens is 3. The molecule has 0 spiro atoms. The lowest BCUT2D eigenvalue weighted by Crippen LogP contribution is -2.32. The molecule has 2 rings (SSSR count). The Morgan fingerprint density at radius 1 is 1.31 bits per heavy atom. The van der Waals surface area contributed by atoms with Crippen LogP contribution in [0.25, 0.3) is 0 Å². The van der Waals surface area contributed by atoms with E-state index in [0.29, 0.717) is 0 Å². The Kier molecular flexibility index (Phi) is 5.16. The van der Waals surface area contributed by atoms with Crippen molar-refractivity contribution >= 4 is 29.2 Å². The molecule has 1 aromatic carbocycles. The van der Waals surface area contributed by atoms with Gasteiger partial charge in [0.15, 0.2) is 5.82 Å². The molecule has 1 aromatic heterocycles. The summed E-state index contributed by atoms with van der Waals surface area (Å²) in [5.41, 5.74) is 10.1. The van der Waals surface area contributed by atoms with Gasteiger partial charge in [0.25, 0.3) is 0 Å². The summed E-state index contributed by atoms with van der Waals surface area (Å²) in [6.07, 6.45) is -4.50. The quantitative estimate of drug-likeness (QED) is 0.648. The lowest BCUT2D eigenvalue weighted by Gasteiger charge is -2.17. The van der Waals surface area contributed by atoms with Crippen LogP contribution in [-0.4, -0.2) is 21.9 Å². The summed E-state index contributed by atoms with van der Waals surface area (Å²) in [5.74, 6) is -1.28. The highest BCUT2D eigenvalue weighted by molar-refractivity contribution is 5.97. The van der Waals surface area contributed by atoms with Crippen molar-refractivity contribution in [3.05, 3.63) is 35.4 Å². The number of amides is 1. The van der Waals surface area contributed by atoms with Crippen LogP contribution < -0.4 is 22.1 Å². The smallest absolute Gasteiger partial charge is 0.382 e. The fourth-order valence-electron chi connectivity index (χ4n) is 2.02. The monoisotopic (exact) mass is 365 g/mol. The molecule has 1 amide bonds. The zero-order valence-corrected chi connectivity index (χ0v) is 13.4. The van der Waals surface area contributed by atoms with E-state index in [2.05, 4.69) is 20.6 Å². The summed E-state index contributed by atoms with van der Waals surface area (Å²) in [6.45, 7) is 1.43. The molecule has 0 fully saturated rings. The predicted molar refractivity (Wildman–Crippen MR) is 88.7 cm³/mol. The van der Waals surface area contributed by atoms with Crippen LogP contribution in [0.4, 0.5) is 36.4 Å². The average molecular weight is 365 g/mol. The number of rotatable bonds is 4. The van der Waals surface area contributed by atoms with Crippen molar-refractivity contribution in [3.63, 3.8) is 0 Å². The van der Waals surface area contributed by atoms with Gasteiger partial charge in [0.2, 0.25) is 11.9 Å². The number of carbonyl (C=O) groups excluding carboxylic acids is 1. The van der Waals surface area contributed by atoms with Crippen LogP contribution in [0.1, 0.15) is 18.1 Å². The standard InChI is InChI=1S/C15H14F3N7O/c1-7(22-9-4-2-3-8(5-9)15(16,17)18)13(26)24-12-10(6-19)11(20)23-14(21)25-12/h2-5,7,22H,1H3,(H5,20,21,23,24,25,26)/t7-/m0/s1. The molecular formula is C15H14F3N7O. The van der Waals surface area contributed by atoms with Crippen molar-refractivity contribution in [2.75, 3.05) is 22.1 Å². The van der Waals surface area contributed by atoms with E-state index in [1.807, 2.05) is 0 Å². The Bertz CT molecular complexity index is 877. The first-order chi connectivity index (χ1) is 12.1. The van der Waals surface area contributed by atoms with Gasteiger partial charge in [-0.05, 0) is 25.1 Å². The highest BCUT2D eigenvalue weighted by Gasteiger charge is 2.30. The Labute approximate surface area is 146 Å². The predicted octanol–water partition coefficient (Wildman–Crippen LogP) is 1.97. The molecule has 0 saturated heterocycles. The number of hydrogen-bond donors (Lipinski definition) is 4. The first-order valence-electron chi connectivity index (χ1n) is 7.19. The van der Waals surface area contributed by atoms with E-state index in [9.17, 15) is 18.0 Å². The number of nitriles is 1. The van der Waals surface area contributed by atoms with Crippen molar-refractivity contribution in [2.45, 2.75) is 19.1 Å². The number of anilines is 4. The van der Waals surface area contributed by atoms with E-state index in [1.54, 1.807) is 6.07 Å². The molecule has 26 heavy (non-hydrogen) atoms. The van der Waals surface area contributed by atoms with Crippen LogP contribution in [0.15, 0.2) is 24.3 Å². The molecule has 0 saturated carbocycles. The molecule has 0 aliphatic carbocycles. The van der Waals surface area contributed by atoms with E-state index in [1.165, 1.54) is 19.1 Å². The van der Waals surface area contributed by atoms with E-state index >= 15 is 0 Å². The fourth-order valence-corrected chi connectivity index (χ4v) is 2.02. The second kappa shape index (κ2) is 7.14. The van der Waals surface area contributed by atoms with Crippen LogP contribution in [0.5, 0.6) is 0 Å². The van der Waals surface area contributed by atoms with Gasteiger partial charge >= 0.3 is 6.18 Å². The van der Waals surface area contributed by atoms with Crippen molar-refractivity contribution < 1.29 is 18.0 Å². The summed E-state index contributed by atoms with van der Waals surface area (Å²) in [5, 5.41) is 14.1. The van der Waals surface area contributed by atoms with Gasteiger partial charge in [-0.3, -0.25) is 4.79 Å². The highest BCUT2D eigenvalue weighted by Crippen LogP contribution is 2.30. The van der Waals surface area contributed by atoms with Gasteiger partial charge in [-0.25, -0.2) is 0 Å². The minimum absolute atomic E-state index is 0.102. The molecule has 0 unspecified atom stereocenters. The average Bonchev–Trinajstić information content (AvgIpc) is 2.54. The van der Waals surface area contributed by atoms with Gasteiger partial charge in [0, 0.05) is 5.69 Å². The van der Waals surface area contributed by atoms with Crippen molar-refractivity contribution in [1.82, 2.24) is 9.97 Å². The Balaban J connectivity index is 2.16. The summed E-state index contributed by atoms with van der Waals surface area (Å²) in [7, 11) is 0. The molecule has 1 atom stereocenters. The maximum absolute atomic E-state index is 12.7. The van der Waals surface area contributed by atoms with Gasteiger partial charge < -0.3 is 22.1 Å². The van der Waals surface area contributed by atoms with Gasteiger partial charge in [0.05, 0.1) is 5.56 Å². The first-order valence-corrected chi connectivity index (χ1v) is 7.19. The number of nitrogens with two attached hydrogens (primary N) is 2. The number of nitrogens with one attached hydrogen (secondary N) is 2. The zero-order chi connectivity index (χ0) is 19.5. The van der Waals surface area contributed by atoms with E-state index in [-0.39, 0.29) is 28.8 Å². The molecule has 0 aliphatic heterocycles. The van der Waals surface area contributed by atoms with Crippen molar-refractivity contribution in [2.24, 2.45) is 0 Å². The molecule has 8 nitrogen and oxygen atoms in total. The molecule has 136 valence electrons. The molecule has 11 heteroatoms. The third-order valence-electron chi connectivity index (χ3n) is 3.27. The summed E-state index contributed by atoms with van der Waals surface area (Å²) in [6, 6.07) is 5.21. The second-order valence-electron chi connectivity index (χ2n) is 5.24. The number of aromatic nitrogens is 2. The maximum atomic E-state index is 12.7. The molecular weight excluding hydrogens is 351 g/mol. The largest absolute Gasteiger partial charge is 0.416 e. The van der Waals surface area contributed by atoms with E-state index in [0.717, 1.165) is 12.1 Å². The molecule has 2 aromatic rings. The number of carbonyl (C=O) groups is 1. The third kappa shape index (κ3) is 4.29. The lowest BCUT2D eigenvalue weighted by molar-refractivity contribution is -0.137. The van der Waals surface area contributed by atoms with Crippen molar-refractivity contribution in [1.29, 1.82) is 5.26 Å². The normalized spacial score (nSPS) is 12.1. The topological polar surface area (TPSA) is 143 Å². The highest BCUT2D eigenvalue weighted by atomic mass is 19.4. The van der Waals surface area contributed by atoms with Gasteiger partial charge in [0.1, 0.15) is 23.5 Å². The second-order valence-corrected chi connectivity index (χ2v) is 5.24. The van der Waals surface area contributed by atoms with E-state index < -0.39 is 23.7 Å². The first kappa shape index (κ1) is 18.8. The van der Waals surface area contributed by atoms with Crippen LogP contribution >= 0.6 is 0 Å².